The van der Waals surface area contributed by atoms with E-state index >= 15 is 0 Å². The highest BCUT2D eigenvalue weighted by atomic mass is 32.2. The third kappa shape index (κ3) is 2.97. The molecule has 21 heavy (non-hydrogen) atoms. The number of thioether (sulfide) groups is 1. The number of benzene rings is 1. The van der Waals surface area contributed by atoms with Crippen LogP contribution in [0.25, 0.3) is 0 Å². The van der Waals surface area contributed by atoms with Gasteiger partial charge in [-0.15, -0.1) is 11.8 Å². The highest BCUT2D eigenvalue weighted by molar-refractivity contribution is 8.01. The van der Waals surface area contributed by atoms with E-state index in [1.165, 1.54) is 17.8 Å². The van der Waals surface area contributed by atoms with Crippen molar-refractivity contribution in [3.63, 3.8) is 0 Å². The van der Waals surface area contributed by atoms with Crippen LogP contribution in [0.2, 0.25) is 0 Å². The molecule has 0 saturated carbocycles. The van der Waals surface area contributed by atoms with Crippen molar-refractivity contribution in [3.8, 4) is 0 Å². The Morgan fingerprint density at radius 2 is 2.05 bits per heavy atom. The number of nitro benzene ring substituents is 2. The molecule has 0 spiro atoms. The number of carboxylic acid groups (broad SMARTS) is 1. The molecule has 1 fully saturated rings. The van der Waals surface area contributed by atoms with E-state index < -0.39 is 26.3 Å². The van der Waals surface area contributed by atoms with Gasteiger partial charge in [0.2, 0.25) is 0 Å². The van der Waals surface area contributed by atoms with E-state index in [0.29, 0.717) is 12.2 Å². The Balaban J connectivity index is 2.41. The van der Waals surface area contributed by atoms with Crippen LogP contribution in [0.5, 0.6) is 0 Å². The van der Waals surface area contributed by atoms with Crippen molar-refractivity contribution in [1.29, 1.82) is 0 Å². The van der Waals surface area contributed by atoms with Gasteiger partial charge in [-0.05, 0) is 24.7 Å². The number of rotatable bonds is 5. The summed E-state index contributed by atoms with van der Waals surface area (Å²) in [5.74, 6) is -0.315. The Hall–Kier alpha value is -2.16. The summed E-state index contributed by atoms with van der Waals surface area (Å²) in [6, 6.07) is 3.32. The fourth-order valence-corrected chi connectivity index (χ4v) is 3.72. The van der Waals surface area contributed by atoms with Gasteiger partial charge in [-0.25, -0.2) is 0 Å². The molecule has 0 radical (unpaired) electrons. The van der Waals surface area contributed by atoms with Gasteiger partial charge in [0.1, 0.15) is 4.75 Å². The van der Waals surface area contributed by atoms with E-state index in [0.717, 1.165) is 18.6 Å². The van der Waals surface area contributed by atoms with Gasteiger partial charge in [0.15, 0.2) is 0 Å². The van der Waals surface area contributed by atoms with Crippen LogP contribution in [0.4, 0.5) is 11.4 Å². The van der Waals surface area contributed by atoms with E-state index in [-0.39, 0.29) is 17.7 Å². The van der Waals surface area contributed by atoms with Crippen LogP contribution in [0.1, 0.15) is 18.4 Å². The van der Waals surface area contributed by atoms with Gasteiger partial charge >= 0.3 is 5.97 Å². The van der Waals surface area contributed by atoms with Crippen LogP contribution in [0.3, 0.4) is 0 Å². The fraction of sp³-hybridized carbons (Fsp3) is 0.417. The molecule has 0 bridgehead atoms. The van der Waals surface area contributed by atoms with Crippen LogP contribution in [-0.2, 0) is 11.2 Å². The second-order valence-electron chi connectivity index (χ2n) is 4.76. The highest BCUT2D eigenvalue weighted by Crippen LogP contribution is 2.42. The van der Waals surface area contributed by atoms with Gasteiger partial charge in [-0.2, -0.15) is 0 Å². The Bertz CT molecular complexity index is 612. The summed E-state index contributed by atoms with van der Waals surface area (Å²) in [5.41, 5.74) is -0.575. The number of non-ortho nitro benzene ring substituents is 1. The predicted octanol–water partition coefficient (Wildman–Crippen LogP) is 2.40. The minimum atomic E-state index is -1.08. The Morgan fingerprint density at radius 1 is 1.33 bits per heavy atom. The van der Waals surface area contributed by atoms with Crippen molar-refractivity contribution >= 4 is 29.1 Å². The fourth-order valence-electron chi connectivity index (χ4n) is 2.37. The summed E-state index contributed by atoms with van der Waals surface area (Å²) < 4.78 is -1.08. The number of carboxylic acids is 1. The Morgan fingerprint density at radius 3 is 2.52 bits per heavy atom. The van der Waals surface area contributed by atoms with Crippen LogP contribution in [0.15, 0.2) is 18.2 Å². The molecular weight excluding hydrogens is 300 g/mol. The van der Waals surface area contributed by atoms with E-state index in [1.54, 1.807) is 0 Å². The standard InChI is InChI=1S/C12H12N2O6S/c15-11(16)12(4-1-5-21-12)7-8-2-3-9(13(17)18)6-10(8)14(19)20/h2-3,6H,1,4-5,7H2,(H,15,16). The molecule has 9 heteroatoms. The summed E-state index contributed by atoms with van der Waals surface area (Å²) >= 11 is 1.27. The summed E-state index contributed by atoms with van der Waals surface area (Å²) in [4.78, 5) is 31.8. The lowest BCUT2D eigenvalue weighted by atomic mass is 9.93. The molecule has 0 aliphatic carbocycles. The summed E-state index contributed by atoms with van der Waals surface area (Å²) in [6.45, 7) is 0. The lowest BCUT2D eigenvalue weighted by Crippen LogP contribution is -2.35. The van der Waals surface area contributed by atoms with Crippen molar-refractivity contribution in [2.24, 2.45) is 0 Å². The number of nitro groups is 2. The molecule has 0 aromatic heterocycles. The van der Waals surface area contributed by atoms with E-state index in [2.05, 4.69) is 0 Å². The molecule has 8 nitrogen and oxygen atoms in total. The summed E-state index contributed by atoms with van der Waals surface area (Å²) in [7, 11) is 0. The van der Waals surface area contributed by atoms with Crippen molar-refractivity contribution in [1.82, 2.24) is 0 Å². The molecule has 1 atom stereocenters. The molecule has 1 aliphatic rings. The SMILES string of the molecule is O=C(O)C1(Cc2ccc([N+](=O)[O-])cc2[N+](=O)[O-])CCCS1. The monoisotopic (exact) mass is 312 g/mol. The Kier molecular flexibility index (Phi) is 4.12. The molecule has 1 unspecified atom stereocenters. The summed E-state index contributed by atoms with van der Waals surface area (Å²) in [6.07, 6.45) is 1.15. The average Bonchev–Trinajstić information content (AvgIpc) is 2.88. The van der Waals surface area contributed by atoms with Crippen LogP contribution in [-0.4, -0.2) is 31.4 Å². The molecule has 1 N–H and O–H groups in total. The van der Waals surface area contributed by atoms with Crippen molar-refractivity contribution in [2.75, 3.05) is 5.75 Å². The first kappa shape index (κ1) is 15.2. The molecule has 1 saturated heterocycles. The van der Waals surface area contributed by atoms with Crippen LogP contribution in [0, 0.1) is 20.2 Å². The van der Waals surface area contributed by atoms with Gasteiger partial charge < -0.3 is 5.11 Å². The number of hydrogen-bond donors (Lipinski definition) is 1. The number of carbonyl (C=O) groups is 1. The zero-order valence-electron chi connectivity index (χ0n) is 10.9. The minimum Gasteiger partial charge on any atom is -0.480 e. The number of nitrogens with zero attached hydrogens (tertiary/aromatic N) is 2. The zero-order valence-corrected chi connectivity index (χ0v) is 11.7. The van der Waals surface area contributed by atoms with Crippen molar-refractivity contribution < 1.29 is 19.7 Å². The van der Waals surface area contributed by atoms with E-state index in [4.69, 9.17) is 0 Å². The average molecular weight is 312 g/mol. The van der Waals surface area contributed by atoms with Gasteiger partial charge in [0.25, 0.3) is 11.4 Å². The molecule has 2 rings (SSSR count). The molecular formula is C12H12N2O6S. The van der Waals surface area contributed by atoms with E-state index in [1.807, 2.05) is 0 Å². The second-order valence-corrected chi connectivity index (χ2v) is 6.23. The maximum atomic E-state index is 11.5. The van der Waals surface area contributed by atoms with Gasteiger partial charge in [-0.1, -0.05) is 0 Å². The first-order chi connectivity index (χ1) is 9.85. The van der Waals surface area contributed by atoms with Crippen LogP contribution < -0.4 is 0 Å². The van der Waals surface area contributed by atoms with Crippen molar-refractivity contribution in [2.45, 2.75) is 24.0 Å². The first-order valence-electron chi connectivity index (χ1n) is 6.15. The second kappa shape index (κ2) is 5.68. The quantitative estimate of drug-likeness (QED) is 0.653. The normalized spacial score (nSPS) is 21.1. The number of aliphatic carboxylic acids is 1. The van der Waals surface area contributed by atoms with Gasteiger partial charge in [0.05, 0.1) is 15.9 Å². The van der Waals surface area contributed by atoms with E-state index in [9.17, 15) is 30.1 Å². The van der Waals surface area contributed by atoms with Gasteiger partial charge in [-0.3, -0.25) is 25.0 Å². The first-order valence-corrected chi connectivity index (χ1v) is 7.13. The smallest absolute Gasteiger partial charge is 0.320 e. The zero-order chi connectivity index (χ0) is 15.6. The molecule has 0 amide bonds. The topological polar surface area (TPSA) is 124 Å². The molecule has 1 aliphatic heterocycles. The summed E-state index contributed by atoms with van der Waals surface area (Å²) in [5, 5.41) is 31.2. The van der Waals surface area contributed by atoms with Crippen molar-refractivity contribution in [3.05, 3.63) is 44.0 Å². The molecule has 112 valence electrons. The molecule has 1 heterocycles. The van der Waals surface area contributed by atoms with Crippen LogP contribution >= 0.6 is 11.8 Å². The maximum Gasteiger partial charge on any atom is 0.320 e. The molecule has 1 aromatic rings. The molecule has 1 aromatic carbocycles. The largest absolute Gasteiger partial charge is 0.480 e. The third-order valence-corrected chi connectivity index (χ3v) is 5.01. The Labute approximate surface area is 123 Å². The highest BCUT2D eigenvalue weighted by Gasteiger charge is 2.43. The predicted molar refractivity (Wildman–Crippen MR) is 75.5 cm³/mol. The van der Waals surface area contributed by atoms with Gasteiger partial charge in [0, 0.05) is 18.1 Å². The maximum absolute atomic E-state index is 11.5. The minimum absolute atomic E-state index is 0.0126. The number of hydrogen-bond acceptors (Lipinski definition) is 6. The lowest BCUT2D eigenvalue weighted by molar-refractivity contribution is -0.394. The lowest BCUT2D eigenvalue weighted by Gasteiger charge is -2.22. The third-order valence-electron chi connectivity index (χ3n) is 3.45.